The zero-order valence-electron chi connectivity index (χ0n) is 42.3. The second kappa shape index (κ2) is 47.0. The molecule has 0 fully saturated rings. The van der Waals surface area contributed by atoms with Crippen LogP contribution in [0.4, 0.5) is 0 Å². The van der Waals surface area contributed by atoms with Crippen LogP contribution in [0.3, 0.4) is 0 Å². The Kier molecular flexibility index (Phi) is 47.8. The van der Waals surface area contributed by atoms with Crippen molar-refractivity contribution in [1.82, 2.24) is 4.90 Å². The highest BCUT2D eigenvalue weighted by Crippen LogP contribution is 2.16. The van der Waals surface area contributed by atoms with Crippen LogP contribution in [0.25, 0.3) is 0 Å². The van der Waals surface area contributed by atoms with Gasteiger partial charge in [-0.3, -0.25) is 52.8 Å². The SMILES string of the molecule is N[C@@H](CCC(=O)O)C(=O)O.N[C@@H](CO)C(=O)O.N[C@@H](Cc1ccc(O)cc1)C(=O)O.O=C(O)C(=O)O.O=C(O)CC(O)(CC(=O)O)C(=O)O.O=C(O)CCCC(=O)O.O=C(O)CN(CCO)CC(=O)O.O=C(O)c1ccccc1C(=O)O. The molecule has 0 aromatic heterocycles. The van der Waals surface area contributed by atoms with E-state index in [1.807, 2.05) is 0 Å². The maximum atomic E-state index is 10.5. The van der Waals surface area contributed by atoms with Gasteiger partial charge in [0, 0.05) is 25.8 Å². The molecule has 0 aliphatic carbocycles. The molecule has 0 radical (unpaired) electrons. The van der Waals surface area contributed by atoms with Gasteiger partial charge in [-0.1, -0.05) is 24.3 Å². The number of hydrogen-bond donors (Lipinski definition) is 22. The van der Waals surface area contributed by atoms with Gasteiger partial charge in [0.2, 0.25) is 0 Å². The number of carbonyl (C=O) groups is 15. The molecule has 0 unspecified atom stereocenters. The van der Waals surface area contributed by atoms with Gasteiger partial charge in [0.05, 0.1) is 50.3 Å². The van der Waals surface area contributed by atoms with E-state index < -0.39 is 133 Å². The van der Waals surface area contributed by atoms with Gasteiger partial charge in [-0.2, -0.15) is 0 Å². The van der Waals surface area contributed by atoms with Crippen LogP contribution >= 0.6 is 0 Å². The number of nitrogens with two attached hydrogens (primary N) is 3. The number of aromatic hydroxyl groups is 1. The summed E-state index contributed by atoms with van der Waals surface area (Å²) in [6.07, 6.45) is -2.15. The molecule has 0 saturated heterocycles. The predicted molar refractivity (Wildman–Crippen MR) is 263 cm³/mol. The van der Waals surface area contributed by atoms with Crippen LogP contribution in [0, 0.1) is 0 Å². The van der Waals surface area contributed by atoms with Crippen molar-refractivity contribution in [3.8, 4) is 5.75 Å². The fourth-order valence-corrected chi connectivity index (χ4v) is 4.15. The number of nitrogens with zero attached hydrogens (tertiary/aromatic N) is 1. The minimum atomic E-state index is -2.74. The summed E-state index contributed by atoms with van der Waals surface area (Å²) < 4.78 is 0. The van der Waals surface area contributed by atoms with Crippen LogP contribution < -0.4 is 17.2 Å². The molecular formula is C44H62N4O34. The minimum Gasteiger partial charge on any atom is -0.508 e. The number of aliphatic carboxylic acids is 13. The Hall–Kier alpha value is -9.99. The van der Waals surface area contributed by atoms with Crippen LogP contribution in [0.5, 0.6) is 5.75 Å². The van der Waals surface area contributed by atoms with Crippen LogP contribution in [0.15, 0.2) is 48.5 Å². The van der Waals surface area contributed by atoms with Gasteiger partial charge in [-0.25, -0.2) is 24.0 Å². The third-order valence-corrected chi connectivity index (χ3v) is 7.98. The van der Waals surface area contributed by atoms with E-state index in [-0.39, 0.29) is 81.6 Å². The fraction of sp³-hybridized carbons (Fsp3) is 0.386. The molecule has 25 N–H and O–H groups in total. The topological polar surface area (TPSA) is 722 Å². The molecule has 0 amide bonds. The summed E-state index contributed by atoms with van der Waals surface area (Å²) in [6, 6.07) is 8.72. The van der Waals surface area contributed by atoms with Gasteiger partial charge in [0.25, 0.3) is 0 Å². The Morgan fingerprint density at radius 1 is 0.463 bits per heavy atom. The van der Waals surface area contributed by atoms with E-state index in [9.17, 15) is 62.3 Å². The monoisotopic (exact) mass is 1190 g/mol. The van der Waals surface area contributed by atoms with E-state index in [0.29, 0.717) is 0 Å². The van der Waals surface area contributed by atoms with Crippen molar-refractivity contribution in [3.63, 3.8) is 0 Å². The smallest absolute Gasteiger partial charge is 0.414 e. The van der Waals surface area contributed by atoms with Crippen molar-refractivity contribution in [1.29, 1.82) is 0 Å². The molecular weight excluding hydrogens is 1130 g/mol. The van der Waals surface area contributed by atoms with E-state index in [4.69, 9.17) is 124 Å². The predicted octanol–water partition coefficient (Wildman–Crippen LogP) is -4.23. The highest BCUT2D eigenvalue weighted by molar-refractivity contribution is 6.27. The van der Waals surface area contributed by atoms with E-state index >= 15 is 0 Å². The van der Waals surface area contributed by atoms with Gasteiger partial charge in [-0.15, -0.1) is 0 Å². The minimum absolute atomic E-state index is 0.0231. The summed E-state index contributed by atoms with van der Waals surface area (Å²) in [5, 5.41) is 156. The summed E-state index contributed by atoms with van der Waals surface area (Å²) >= 11 is 0. The van der Waals surface area contributed by atoms with Crippen molar-refractivity contribution < 1.29 is 169 Å². The summed E-state index contributed by atoms with van der Waals surface area (Å²) in [4.78, 5) is 151. The van der Waals surface area contributed by atoms with Crippen LogP contribution in [0.2, 0.25) is 0 Å². The quantitative estimate of drug-likeness (QED) is 0.0397. The number of carboxylic acid groups (broad SMARTS) is 15. The lowest BCUT2D eigenvalue weighted by Crippen LogP contribution is -2.42. The Balaban J connectivity index is -0.000000204. The Bertz CT molecular complexity index is 2320. The first-order chi connectivity index (χ1) is 37.5. The lowest BCUT2D eigenvalue weighted by molar-refractivity contribution is -0.170. The number of hydrogen-bond acceptors (Lipinski definition) is 23. The normalized spacial score (nSPS) is 10.7. The molecule has 462 valence electrons. The number of phenolic OH excluding ortho intramolecular Hbond substituents is 1. The standard InChI is InChI=1S/C9H11NO3.C8H6O4.C6H11NO5.C6H8O7.C5H9NO4.C5H8O4.C3H7NO3.C2H2O4/c10-8(9(12)13)5-6-1-3-7(11)4-2-6;9-7(10)5-3-1-2-4-6(5)8(11)12;8-2-1-7(3-5(9)10)4-6(11)12;7-3(8)1-6(13,5(11)12)2-4(9)10;6-3(5(9)10)1-2-4(7)8;6-4(7)2-1-3-5(8)9;4-2(1-5)3(6)7;3-1(4)2(5)6/h1-4,8,11H,5,10H2,(H,12,13);1-4H,(H,9,10)(H,11,12);8H,1-4H2,(H,9,10)(H,11,12);13H,1-2H2,(H,7,8)(H,9,10)(H,11,12);3H,1-2,6H2,(H,7,8)(H,9,10);1-3H2,(H,6,7)(H,8,9);2,5H,1,4H2,(H,6,7);(H,3,4)(H,5,6)/t8-;;;;3-;;2-;/m0...0.0./s1. The third kappa shape index (κ3) is 53.4. The molecule has 2 aromatic carbocycles. The third-order valence-electron chi connectivity index (χ3n) is 7.98. The van der Waals surface area contributed by atoms with Crippen LogP contribution in [0.1, 0.15) is 71.2 Å². The largest absolute Gasteiger partial charge is 0.508 e. The van der Waals surface area contributed by atoms with Gasteiger partial charge < -0.3 is 114 Å². The lowest BCUT2D eigenvalue weighted by Gasteiger charge is -2.18. The fourth-order valence-electron chi connectivity index (χ4n) is 4.15. The number of rotatable bonds is 26. The second-order valence-corrected chi connectivity index (χ2v) is 14.9. The molecule has 0 bridgehead atoms. The summed E-state index contributed by atoms with van der Waals surface area (Å²) in [6.45, 7) is -1.44. The van der Waals surface area contributed by atoms with E-state index in [2.05, 4.69) is 0 Å². The van der Waals surface area contributed by atoms with Gasteiger partial charge in [0.1, 0.15) is 23.9 Å². The molecule has 38 nitrogen and oxygen atoms in total. The maximum absolute atomic E-state index is 10.5. The number of phenols is 1. The Morgan fingerprint density at radius 2 is 0.817 bits per heavy atom. The van der Waals surface area contributed by atoms with Gasteiger partial charge in [0.15, 0.2) is 5.60 Å². The summed E-state index contributed by atoms with van der Waals surface area (Å²) in [5.41, 5.74) is 12.8. The summed E-state index contributed by atoms with van der Waals surface area (Å²) in [5.74, 6) is -19.5. The number of carboxylic acids is 15. The number of aliphatic hydroxyl groups excluding tert-OH is 2. The average molecular weight is 1190 g/mol. The Morgan fingerprint density at radius 3 is 1.05 bits per heavy atom. The van der Waals surface area contributed by atoms with Crippen molar-refractivity contribution in [2.75, 3.05) is 32.8 Å². The number of aromatic carboxylic acids is 2. The maximum Gasteiger partial charge on any atom is 0.414 e. The molecule has 0 saturated carbocycles. The van der Waals surface area contributed by atoms with Crippen molar-refractivity contribution in [3.05, 3.63) is 65.2 Å². The van der Waals surface area contributed by atoms with Crippen molar-refractivity contribution in [2.45, 2.75) is 75.1 Å². The number of benzene rings is 2. The molecule has 2 rings (SSSR count). The van der Waals surface area contributed by atoms with Gasteiger partial charge >= 0.3 is 89.5 Å². The molecule has 3 atom stereocenters. The summed E-state index contributed by atoms with van der Waals surface area (Å²) in [7, 11) is 0. The lowest BCUT2D eigenvalue weighted by atomic mass is 9.96. The Labute approximate surface area is 459 Å². The molecule has 0 aliphatic heterocycles. The molecule has 2 aromatic rings. The van der Waals surface area contributed by atoms with E-state index in [1.165, 1.54) is 36.4 Å². The van der Waals surface area contributed by atoms with Crippen molar-refractivity contribution >= 4 is 89.5 Å². The highest BCUT2D eigenvalue weighted by Gasteiger charge is 2.40. The second-order valence-electron chi connectivity index (χ2n) is 14.9. The number of aliphatic hydroxyl groups is 3. The van der Waals surface area contributed by atoms with Crippen LogP contribution in [-0.2, 0) is 68.7 Å². The first-order valence-corrected chi connectivity index (χ1v) is 21.7. The first kappa shape index (κ1) is 83.3. The zero-order valence-corrected chi connectivity index (χ0v) is 42.3. The molecule has 0 spiro atoms. The first-order valence-electron chi connectivity index (χ1n) is 21.7. The van der Waals surface area contributed by atoms with Crippen LogP contribution in [-0.4, -0.2) is 248 Å². The molecule has 82 heavy (non-hydrogen) atoms. The molecule has 38 heteroatoms. The molecule has 0 heterocycles. The zero-order chi connectivity index (χ0) is 65.6. The highest BCUT2D eigenvalue weighted by atomic mass is 16.4. The van der Waals surface area contributed by atoms with Gasteiger partial charge in [-0.05, 0) is 49.1 Å². The molecule has 0 aliphatic rings. The van der Waals surface area contributed by atoms with Crippen molar-refractivity contribution in [2.24, 2.45) is 17.2 Å². The average Bonchev–Trinajstić information content (AvgIpc) is 3.33. The van der Waals surface area contributed by atoms with E-state index in [0.717, 1.165) is 10.5 Å². The van der Waals surface area contributed by atoms with E-state index in [1.54, 1.807) is 12.1 Å².